The summed E-state index contributed by atoms with van der Waals surface area (Å²) in [6.45, 7) is 0. The fourth-order valence-electron chi connectivity index (χ4n) is 1.21. The maximum absolute atomic E-state index is 12.7. The third-order valence-corrected chi connectivity index (χ3v) is 2.32. The summed E-state index contributed by atoms with van der Waals surface area (Å²) in [5.74, 6) is -7.80. The van der Waals surface area contributed by atoms with E-state index in [2.05, 4.69) is 0 Å². The third-order valence-electron chi connectivity index (χ3n) is 2.32. The number of carbonyl (C=O) groups excluding carboxylic acids is 1. The van der Waals surface area contributed by atoms with Gasteiger partial charge in [0, 0.05) is 0 Å². The van der Waals surface area contributed by atoms with Gasteiger partial charge in [-0.1, -0.05) is 0 Å². The van der Waals surface area contributed by atoms with Gasteiger partial charge in [-0.2, -0.15) is 13.2 Å². The molecule has 0 spiro atoms. The monoisotopic (exact) mass is 316 g/mol. The Hall–Kier alpha value is -2.37. The molecule has 9 nitrogen and oxygen atoms in total. The van der Waals surface area contributed by atoms with Crippen molar-refractivity contribution in [2.24, 2.45) is 5.73 Å². The van der Waals surface area contributed by atoms with E-state index in [0.29, 0.717) is 0 Å². The lowest BCUT2D eigenvalue weighted by molar-refractivity contribution is -0.197. The molecule has 21 heavy (non-hydrogen) atoms. The number of alkyl halides is 3. The van der Waals surface area contributed by atoms with Gasteiger partial charge in [0.1, 0.15) is 6.04 Å². The van der Waals surface area contributed by atoms with E-state index >= 15 is 0 Å². The van der Waals surface area contributed by atoms with E-state index in [1.807, 2.05) is 0 Å². The second kappa shape index (κ2) is 6.39. The van der Waals surface area contributed by atoms with Crippen LogP contribution in [0.1, 0.15) is 12.8 Å². The van der Waals surface area contributed by atoms with Gasteiger partial charge in [-0.3, -0.25) is 14.4 Å². The molecule has 12 heteroatoms. The van der Waals surface area contributed by atoms with E-state index in [1.54, 1.807) is 0 Å². The summed E-state index contributed by atoms with van der Waals surface area (Å²) in [7, 11) is 0. The van der Waals surface area contributed by atoms with Crippen LogP contribution >= 0.6 is 0 Å². The highest BCUT2D eigenvalue weighted by Crippen LogP contribution is 2.31. The van der Waals surface area contributed by atoms with Crippen molar-refractivity contribution in [1.82, 2.24) is 5.32 Å². The van der Waals surface area contributed by atoms with Crippen LogP contribution in [0.3, 0.4) is 0 Å². The maximum Gasteiger partial charge on any atom is 0.416 e. The van der Waals surface area contributed by atoms with Crippen LogP contribution in [0.4, 0.5) is 13.2 Å². The Bertz CT molecular complexity index is 465. The van der Waals surface area contributed by atoms with E-state index in [4.69, 9.17) is 21.1 Å². The predicted molar refractivity (Wildman–Crippen MR) is 57.0 cm³/mol. The van der Waals surface area contributed by atoms with Gasteiger partial charge in [0.05, 0.1) is 12.8 Å². The molecule has 0 saturated heterocycles. The Kier molecular flexibility index (Phi) is 5.67. The zero-order chi connectivity index (χ0) is 17.0. The first kappa shape index (κ1) is 18.6. The van der Waals surface area contributed by atoms with E-state index < -0.39 is 54.4 Å². The summed E-state index contributed by atoms with van der Waals surface area (Å²) in [4.78, 5) is 42.9. The minimum atomic E-state index is -5.48. The van der Waals surface area contributed by atoms with Crippen LogP contribution in [-0.2, 0) is 19.2 Å². The van der Waals surface area contributed by atoms with Crippen LogP contribution in [-0.4, -0.2) is 56.9 Å². The molecule has 0 aromatic heterocycles. The number of halogens is 3. The molecule has 1 amide bonds. The Morgan fingerprint density at radius 3 is 1.81 bits per heavy atom. The van der Waals surface area contributed by atoms with Crippen molar-refractivity contribution in [1.29, 1.82) is 0 Å². The van der Waals surface area contributed by atoms with Crippen LogP contribution in [0.2, 0.25) is 0 Å². The van der Waals surface area contributed by atoms with Gasteiger partial charge in [-0.05, 0) is 0 Å². The first-order valence-electron chi connectivity index (χ1n) is 5.14. The SMILES string of the molecule is N[C@@](CC(=O)O)(C(=O)N[C@@H](CC(=O)O)C(=O)O)C(F)(F)F. The lowest BCUT2D eigenvalue weighted by Crippen LogP contribution is -2.66. The van der Waals surface area contributed by atoms with Gasteiger partial charge >= 0.3 is 24.1 Å². The molecule has 0 unspecified atom stereocenters. The second-order valence-corrected chi connectivity index (χ2v) is 4.00. The van der Waals surface area contributed by atoms with Crippen LogP contribution in [0.15, 0.2) is 0 Å². The molecule has 0 saturated carbocycles. The Morgan fingerprint density at radius 2 is 1.52 bits per heavy atom. The maximum atomic E-state index is 12.7. The highest BCUT2D eigenvalue weighted by Gasteiger charge is 2.59. The molecule has 2 atom stereocenters. The molecule has 0 fully saturated rings. The number of rotatable bonds is 7. The zero-order valence-corrected chi connectivity index (χ0v) is 10.2. The molecule has 0 bridgehead atoms. The second-order valence-electron chi connectivity index (χ2n) is 4.00. The van der Waals surface area contributed by atoms with Gasteiger partial charge in [0.25, 0.3) is 5.91 Å². The minimum absolute atomic E-state index is 1.21. The fourth-order valence-corrected chi connectivity index (χ4v) is 1.21. The highest BCUT2D eigenvalue weighted by atomic mass is 19.4. The molecular formula is C9H11F3N2O7. The topological polar surface area (TPSA) is 167 Å². The predicted octanol–water partition coefficient (Wildman–Crippen LogP) is -1.23. The summed E-state index contributed by atoms with van der Waals surface area (Å²) in [5, 5.41) is 26.6. The number of amides is 1. The number of hydrogen-bond donors (Lipinski definition) is 5. The molecular weight excluding hydrogens is 305 g/mol. The number of hydrogen-bond acceptors (Lipinski definition) is 5. The van der Waals surface area contributed by atoms with Crippen LogP contribution in [0, 0.1) is 0 Å². The summed E-state index contributed by atoms with van der Waals surface area (Å²) in [6, 6.07) is -2.19. The molecule has 0 aromatic carbocycles. The van der Waals surface area contributed by atoms with Crippen LogP contribution in [0.25, 0.3) is 0 Å². The number of aliphatic carboxylic acids is 3. The third kappa shape index (κ3) is 4.91. The minimum Gasteiger partial charge on any atom is -0.481 e. The van der Waals surface area contributed by atoms with Gasteiger partial charge < -0.3 is 26.4 Å². The quantitative estimate of drug-likeness (QED) is 0.389. The number of carbonyl (C=O) groups is 4. The molecule has 0 heterocycles. The standard InChI is InChI=1S/C9H11F3N2O7/c10-9(11,12)8(13,2-5(17)18)7(21)14-3(6(19)20)1-4(15)16/h3H,1-2,13H2,(H,14,21)(H,15,16)(H,17,18)(H,19,20)/t3-,8-/m0/s1. The van der Waals surface area contributed by atoms with E-state index in [9.17, 15) is 32.3 Å². The van der Waals surface area contributed by atoms with Crippen molar-refractivity contribution in [3.8, 4) is 0 Å². The van der Waals surface area contributed by atoms with Gasteiger partial charge in [-0.25, -0.2) is 4.79 Å². The molecule has 0 radical (unpaired) electrons. The highest BCUT2D eigenvalue weighted by molar-refractivity contribution is 5.94. The van der Waals surface area contributed by atoms with Crippen molar-refractivity contribution < 1.29 is 47.7 Å². The number of nitrogens with one attached hydrogen (secondary N) is 1. The molecule has 0 rings (SSSR count). The lowest BCUT2D eigenvalue weighted by atomic mass is 9.94. The lowest BCUT2D eigenvalue weighted by Gasteiger charge is -2.30. The molecule has 0 aliphatic heterocycles. The normalized spacial score (nSPS) is 15.6. The first-order chi connectivity index (χ1) is 9.31. The number of carboxylic acid groups (broad SMARTS) is 3. The van der Waals surface area contributed by atoms with Crippen molar-refractivity contribution >= 4 is 23.8 Å². The van der Waals surface area contributed by atoms with Crippen molar-refractivity contribution in [2.75, 3.05) is 0 Å². The Balaban J connectivity index is 5.35. The largest absolute Gasteiger partial charge is 0.481 e. The van der Waals surface area contributed by atoms with Gasteiger partial charge in [0.15, 0.2) is 0 Å². The molecule has 0 aliphatic rings. The molecule has 0 aromatic rings. The zero-order valence-electron chi connectivity index (χ0n) is 10.2. The van der Waals surface area contributed by atoms with Crippen molar-refractivity contribution in [3.05, 3.63) is 0 Å². The van der Waals surface area contributed by atoms with Gasteiger partial charge in [-0.15, -0.1) is 0 Å². The molecule has 0 aliphatic carbocycles. The van der Waals surface area contributed by atoms with Gasteiger partial charge in [0.2, 0.25) is 5.54 Å². The summed E-state index contributed by atoms with van der Waals surface area (Å²) < 4.78 is 38.1. The average Bonchev–Trinajstić information content (AvgIpc) is 2.24. The fraction of sp³-hybridized carbons (Fsp3) is 0.556. The summed E-state index contributed by atoms with van der Waals surface area (Å²) in [5.41, 5.74) is 0.857. The van der Waals surface area contributed by atoms with Crippen molar-refractivity contribution in [2.45, 2.75) is 30.6 Å². The van der Waals surface area contributed by atoms with Crippen molar-refractivity contribution in [3.63, 3.8) is 0 Å². The summed E-state index contributed by atoms with van der Waals surface area (Å²) in [6.07, 6.45) is -8.54. The first-order valence-corrected chi connectivity index (χ1v) is 5.14. The van der Waals surface area contributed by atoms with E-state index in [-0.39, 0.29) is 0 Å². The van der Waals surface area contributed by atoms with E-state index in [0.717, 1.165) is 0 Å². The van der Waals surface area contributed by atoms with E-state index in [1.165, 1.54) is 5.32 Å². The molecule has 6 N–H and O–H groups in total. The number of nitrogens with two attached hydrogens (primary N) is 1. The average molecular weight is 316 g/mol. The van der Waals surface area contributed by atoms with Crippen LogP contribution < -0.4 is 11.1 Å². The smallest absolute Gasteiger partial charge is 0.416 e. The van der Waals surface area contributed by atoms with Crippen LogP contribution in [0.5, 0.6) is 0 Å². The Morgan fingerprint density at radius 1 is 1.05 bits per heavy atom. The Labute approximate surface area is 114 Å². The number of carboxylic acids is 3. The molecule has 120 valence electrons. The summed E-state index contributed by atoms with van der Waals surface area (Å²) >= 11 is 0.